The fourth-order valence-electron chi connectivity index (χ4n) is 3.65. The summed E-state index contributed by atoms with van der Waals surface area (Å²) >= 11 is 5.39. The van der Waals surface area contributed by atoms with Crippen LogP contribution in [0.3, 0.4) is 0 Å². The van der Waals surface area contributed by atoms with Gasteiger partial charge >= 0.3 is 0 Å². The van der Waals surface area contributed by atoms with Gasteiger partial charge in [0, 0.05) is 31.1 Å². The summed E-state index contributed by atoms with van der Waals surface area (Å²) in [6.45, 7) is 8.29. The van der Waals surface area contributed by atoms with Crippen LogP contribution in [0.25, 0.3) is 20.4 Å². The van der Waals surface area contributed by atoms with Crippen LogP contribution in [0.2, 0.25) is 0 Å². The smallest absolute Gasteiger partial charge is 0.186 e. The van der Waals surface area contributed by atoms with Gasteiger partial charge in [0.05, 0.1) is 20.4 Å². The zero-order chi connectivity index (χ0) is 19.3. The second-order valence-electron chi connectivity index (χ2n) is 7.13. The van der Waals surface area contributed by atoms with Gasteiger partial charge in [-0.05, 0) is 49.4 Å². The highest BCUT2D eigenvalue weighted by atomic mass is 32.2. The molecule has 0 aliphatic carbocycles. The summed E-state index contributed by atoms with van der Waals surface area (Å²) in [5.74, 6) is 0. The number of benzene rings is 2. The van der Waals surface area contributed by atoms with Crippen LogP contribution in [0.5, 0.6) is 0 Å². The van der Waals surface area contributed by atoms with Crippen LogP contribution in [0.4, 0.5) is 10.3 Å². The van der Waals surface area contributed by atoms with Crippen molar-refractivity contribution in [2.75, 3.05) is 42.2 Å². The highest BCUT2D eigenvalue weighted by molar-refractivity contribution is 7.98. The largest absolute Gasteiger partial charge is 0.345 e. The van der Waals surface area contributed by atoms with Crippen LogP contribution in [0.15, 0.2) is 35.2 Å². The minimum absolute atomic E-state index is 0.988. The van der Waals surface area contributed by atoms with Crippen LogP contribution in [0, 0.1) is 13.8 Å². The van der Waals surface area contributed by atoms with E-state index < -0.39 is 0 Å². The monoisotopic (exact) mass is 426 g/mol. The number of fused-ring (bicyclic) bond motifs is 2. The minimum atomic E-state index is 0.988. The van der Waals surface area contributed by atoms with Crippen LogP contribution in [-0.2, 0) is 0 Å². The molecule has 0 unspecified atom stereocenters. The molecule has 2 aromatic heterocycles. The summed E-state index contributed by atoms with van der Waals surface area (Å²) < 4.78 is 2.57. The molecule has 1 aliphatic rings. The molecule has 0 N–H and O–H groups in total. The molecule has 0 bridgehead atoms. The van der Waals surface area contributed by atoms with E-state index in [1.165, 1.54) is 25.4 Å². The number of hydrogen-bond donors (Lipinski definition) is 0. The first kappa shape index (κ1) is 18.2. The lowest BCUT2D eigenvalue weighted by Gasteiger charge is -2.34. The van der Waals surface area contributed by atoms with Crippen molar-refractivity contribution in [2.24, 2.45) is 0 Å². The van der Waals surface area contributed by atoms with E-state index in [1.807, 2.05) is 22.7 Å². The van der Waals surface area contributed by atoms with E-state index in [1.54, 1.807) is 11.8 Å². The predicted octanol–water partition coefficient (Wildman–Crippen LogP) is 5.57. The molecule has 2 aromatic carbocycles. The maximum atomic E-state index is 4.96. The maximum absolute atomic E-state index is 4.96. The average Bonchev–Trinajstić information content (AvgIpc) is 3.35. The fourth-order valence-corrected chi connectivity index (χ4v) is 6.40. The standard InChI is InChI=1S/C21H22N4S3/c1-13-7-8-17-18(14(13)2)22-20(28-17)24-9-11-25(12-10-24)21-23-19-15(26-3)5-4-6-16(19)27-21/h4-8H,9-12H2,1-3H3. The zero-order valence-corrected chi connectivity index (χ0v) is 18.7. The number of thioether (sulfide) groups is 1. The quantitative estimate of drug-likeness (QED) is 0.400. The second kappa shape index (κ2) is 7.21. The summed E-state index contributed by atoms with van der Waals surface area (Å²) in [4.78, 5) is 16.0. The number of nitrogens with zero attached hydrogens (tertiary/aromatic N) is 4. The summed E-state index contributed by atoms with van der Waals surface area (Å²) in [5, 5.41) is 2.30. The van der Waals surface area contributed by atoms with E-state index in [9.17, 15) is 0 Å². The highest BCUT2D eigenvalue weighted by Crippen LogP contribution is 2.36. The Labute approximate surface area is 177 Å². The van der Waals surface area contributed by atoms with Crippen molar-refractivity contribution < 1.29 is 0 Å². The lowest BCUT2D eigenvalue weighted by Crippen LogP contribution is -2.46. The molecule has 0 radical (unpaired) electrons. The number of aryl methyl sites for hydroxylation is 2. The van der Waals surface area contributed by atoms with Crippen molar-refractivity contribution in [3.05, 3.63) is 41.5 Å². The number of rotatable bonds is 3. The Bertz CT molecular complexity index is 1160. The molecule has 0 spiro atoms. The minimum Gasteiger partial charge on any atom is -0.345 e. The Hall–Kier alpha value is -1.83. The van der Waals surface area contributed by atoms with Gasteiger partial charge in [-0.1, -0.05) is 34.8 Å². The number of aromatic nitrogens is 2. The Morgan fingerprint density at radius 3 is 2.07 bits per heavy atom. The van der Waals surface area contributed by atoms with E-state index >= 15 is 0 Å². The van der Waals surface area contributed by atoms with Crippen molar-refractivity contribution in [1.82, 2.24) is 9.97 Å². The highest BCUT2D eigenvalue weighted by Gasteiger charge is 2.23. The zero-order valence-electron chi connectivity index (χ0n) is 16.2. The van der Waals surface area contributed by atoms with E-state index in [-0.39, 0.29) is 0 Å². The van der Waals surface area contributed by atoms with Crippen molar-refractivity contribution in [2.45, 2.75) is 18.7 Å². The van der Waals surface area contributed by atoms with Crippen LogP contribution in [-0.4, -0.2) is 42.4 Å². The van der Waals surface area contributed by atoms with Gasteiger partial charge < -0.3 is 9.80 Å². The van der Waals surface area contributed by atoms with Gasteiger partial charge in [0.15, 0.2) is 10.3 Å². The molecule has 1 saturated heterocycles. The van der Waals surface area contributed by atoms with Crippen molar-refractivity contribution >= 4 is 65.1 Å². The molecular formula is C21H22N4S3. The lowest BCUT2D eigenvalue weighted by atomic mass is 10.1. The normalized spacial score (nSPS) is 15.1. The molecule has 4 nitrogen and oxygen atoms in total. The summed E-state index contributed by atoms with van der Waals surface area (Å²) in [6.07, 6.45) is 2.12. The van der Waals surface area contributed by atoms with Gasteiger partial charge in [-0.25, -0.2) is 9.97 Å². The molecule has 144 valence electrons. The molecule has 7 heteroatoms. The third-order valence-electron chi connectivity index (χ3n) is 5.48. The van der Waals surface area contributed by atoms with Gasteiger partial charge in [0.1, 0.15) is 0 Å². The van der Waals surface area contributed by atoms with E-state index in [2.05, 4.69) is 60.2 Å². The summed E-state index contributed by atoms with van der Waals surface area (Å²) in [5.41, 5.74) is 4.93. The second-order valence-corrected chi connectivity index (χ2v) is 9.99. The first-order chi connectivity index (χ1) is 13.6. The number of para-hydroxylation sites is 1. The Balaban J connectivity index is 1.36. The van der Waals surface area contributed by atoms with Gasteiger partial charge in [0.2, 0.25) is 0 Å². The van der Waals surface area contributed by atoms with Crippen molar-refractivity contribution in [3.63, 3.8) is 0 Å². The van der Waals surface area contributed by atoms with Gasteiger partial charge in [-0.3, -0.25) is 0 Å². The number of anilines is 2. The molecular weight excluding hydrogens is 404 g/mol. The van der Waals surface area contributed by atoms with Crippen molar-refractivity contribution in [3.8, 4) is 0 Å². The number of thiazole rings is 2. The van der Waals surface area contributed by atoms with Gasteiger partial charge in [-0.2, -0.15) is 0 Å². The lowest BCUT2D eigenvalue weighted by molar-refractivity contribution is 0.651. The Morgan fingerprint density at radius 1 is 0.821 bits per heavy atom. The van der Waals surface area contributed by atoms with E-state index in [4.69, 9.17) is 9.97 Å². The van der Waals surface area contributed by atoms with E-state index in [0.29, 0.717) is 0 Å². The predicted molar refractivity (Wildman–Crippen MR) is 125 cm³/mol. The number of piperazine rings is 1. The third-order valence-corrected chi connectivity index (χ3v) is 8.42. The van der Waals surface area contributed by atoms with Crippen LogP contribution in [0.1, 0.15) is 11.1 Å². The molecule has 1 aliphatic heterocycles. The molecule has 4 aromatic rings. The Morgan fingerprint density at radius 2 is 1.43 bits per heavy atom. The van der Waals surface area contributed by atoms with Gasteiger partial charge in [0.25, 0.3) is 0 Å². The molecule has 5 rings (SSSR count). The third kappa shape index (κ3) is 3.06. The van der Waals surface area contributed by atoms with Gasteiger partial charge in [-0.15, -0.1) is 11.8 Å². The maximum Gasteiger partial charge on any atom is 0.186 e. The SMILES string of the molecule is CSc1cccc2sc(N3CCN(c4nc5c(C)c(C)ccc5s4)CC3)nc12. The summed E-state index contributed by atoms with van der Waals surface area (Å²) in [6, 6.07) is 10.9. The topological polar surface area (TPSA) is 32.3 Å². The molecule has 28 heavy (non-hydrogen) atoms. The first-order valence-electron chi connectivity index (χ1n) is 9.44. The fraction of sp³-hybridized carbons (Fsp3) is 0.333. The van der Waals surface area contributed by atoms with Crippen molar-refractivity contribution in [1.29, 1.82) is 0 Å². The van der Waals surface area contributed by atoms with Crippen LogP contribution >= 0.6 is 34.4 Å². The average molecular weight is 427 g/mol. The molecule has 0 saturated carbocycles. The molecule has 1 fully saturated rings. The number of hydrogen-bond acceptors (Lipinski definition) is 7. The summed E-state index contributed by atoms with van der Waals surface area (Å²) in [7, 11) is 0. The molecule has 3 heterocycles. The molecule has 0 atom stereocenters. The van der Waals surface area contributed by atoms with Crippen LogP contribution < -0.4 is 9.80 Å². The molecule has 0 amide bonds. The Kier molecular flexibility index (Phi) is 4.69. The first-order valence-corrected chi connectivity index (χ1v) is 12.3. The van der Waals surface area contributed by atoms with E-state index in [0.717, 1.165) is 47.5 Å².